The second-order valence-corrected chi connectivity index (χ2v) is 5.85. The predicted octanol–water partition coefficient (Wildman–Crippen LogP) is 2.36. The van der Waals surface area contributed by atoms with Crippen LogP contribution < -0.4 is 11.1 Å². The molecule has 21 heavy (non-hydrogen) atoms. The van der Waals surface area contributed by atoms with Gasteiger partial charge in [-0.1, -0.05) is 23.9 Å². The fourth-order valence-electron chi connectivity index (χ4n) is 2.11. The summed E-state index contributed by atoms with van der Waals surface area (Å²) in [5.74, 6) is 1.41. The van der Waals surface area contributed by atoms with Gasteiger partial charge in [-0.3, -0.25) is 4.99 Å². The first-order chi connectivity index (χ1) is 10.3. The number of rotatable bonds is 4. The molecule has 0 unspecified atom stereocenters. The van der Waals surface area contributed by atoms with Gasteiger partial charge in [-0.05, 0) is 36.6 Å². The second-order valence-electron chi connectivity index (χ2n) is 4.76. The summed E-state index contributed by atoms with van der Waals surface area (Å²) in [6, 6.07) is 10.3. The molecule has 108 valence electrons. The lowest BCUT2D eigenvalue weighted by Gasteiger charge is -2.06. The Morgan fingerprint density at radius 1 is 1.14 bits per heavy atom. The molecule has 0 spiro atoms. The van der Waals surface area contributed by atoms with Crippen LogP contribution in [-0.2, 0) is 12.8 Å². The van der Waals surface area contributed by atoms with Crippen molar-refractivity contribution in [1.82, 2.24) is 9.97 Å². The molecular weight excluding hydrogens is 282 g/mol. The summed E-state index contributed by atoms with van der Waals surface area (Å²) >= 11 is 1.76. The molecule has 0 bridgehead atoms. The SMILES string of the molecule is Nc1nccc(CCc2ccc(NC3=NCCS3)cc2)n1. The van der Waals surface area contributed by atoms with E-state index < -0.39 is 0 Å². The molecule has 6 heteroatoms. The molecule has 0 amide bonds. The summed E-state index contributed by atoms with van der Waals surface area (Å²) in [5.41, 5.74) is 8.91. The molecule has 0 radical (unpaired) electrons. The molecule has 0 aliphatic carbocycles. The van der Waals surface area contributed by atoms with Gasteiger partial charge in [-0.15, -0.1) is 0 Å². The number of anilines is 2. The summed E-state index contributed by atoms with van der Waals surface area (Å²) in [4.78, 5) is 12.5. The van der Waals surface area contributed by atoms with Crippen molar-refractivity contribution in [2.45, 2.75) is 12.8 Å². The summed E-state index contributed by atoms with van der Waals surface area (Å²) in [5, 5.41) is 4.34. The molecule has 0 fully saturated rings. The smallest absolute Gasteiger partial charge is 0.220 e. The number of nitrogen functional groups attached to an aromatic ring is 1. The van der Waals surface area contributed by atoms with Crippen molar-refractivity contribution in [2.75, 3.05) is 23.3 Å². The molecule has 2 heterocycles. The first-order valence-corrected chi connectivity index (χ1v) is 7.89. The zero-order valence-corrected chi connectivity index (χ0v) is 12.4. The number of nitrogens with two attached hydrogens (primary N) is 1. The molecule has 3 N–H and O–H groups in total. The molecule has 0 saturated heterocycles. The Bertz CT molecular complexity index is 639. The van der Waals surface area contributed by atoms with E-state index in [2.05, 4.69) is 44.5 Å². The zero-order valence-electron chi connectivity index (χ0n) is 11.6. The van der Waals surface area contributed by atoms with E-state index in [4.69, 9.17) is 5.73 Å². The van der Waals surface area contributed by atoms with Gasteiger partial charge in [0.15, 0.2) is 5.17 Å². The fourth-order valence-corrected chi connectivity index (χ4v) is 2.86. The molecule has 5 nitrogen and oxygen atoms in total. The molecule has 1 aromatic carbocycles. The summed E-state index contributed by atoms with van der Waals surface area (Å²) in [6.45, 7) is 0.910. The quantitative estimate of drug-likeness (QED) is 0.906. The maximum atomic E-state index is 5.58. The van der Waals surface area contributed by atoms with Gasteiger partial charge in [0.1, 0.15) is 0 Å². The zero-order chi connectivity index (χ0) is 14.5. The average Bonchev–Trinajstić information content (AvgIpc) is 3.00. The van der Waals surface area contributed by atoms with Crippen LogP contribution in [0.3, 0.4) is 0 Å². The largest absolute Gasteiger partial charge is 0.368 e. The Morgan fingerprint density at radius 3 is 2.71 bits per heavy atom. The van der Waals surface area contributed by atoms with Gasteiger partial charge in [-0.25, -0.2) is 9.97 Å². The maximum absolute atomic E-state index is 5.58. The minimum absolute atomic E-state index is 0.335. The third-order valence-corrected chi connectivity index (χ3v) is 4.08. The van der Waals surface area contributed by atoms with Crippen LogP contribution in [0.5, 0.6) is 0 Å². The van der Waals surface area contributed by atoms with Gasteiger partial charge in [0.05, 0.1) is 6.54 Å². The van der Waals surface area contributed by atoms with Gasteiger partial charge >= 0.3 is 0 Å². The highest BCUT2D eigenvalue weighted by Gasteiger charge is 2.06. The Balaban J connectivity index is 1.56. The fraction of sp³-hybridized carbons (Fsp3) is 0.267. The highest BCUT2D eigenvalue weighted by molar-refractivity contribution is 8.14. The predicted molar refractivity (Wildman–Crippen MR) is 88.7 cm³/mol. The standard InChI is InChI=1S/C15H17N5S/c16-14-17-8-7-13(19-14)6-3-11-1-4-12(5-2-11)20-15-18-9-10-21-15/h1-2,4-5,7-8H,3,6,9-10H2,(H,18,20)(H2,16,17,19). The van der Waals surface area contributed by atoms with Crippen molar-refractivity contribution in [3.63, 3.8) is 0 Å². The Hall–Kier alpha value is -2.08. The van der Waals surface area contributed by atoms with E-state index in [-0.39, 0.29) is 0 Å². The van der Waals surface area contributed by atoms with Crippen molar-refractivity contribution in [3.8, 4) is 0 Å². The Morgan fingerprint density at radius 2 is 2.00 bits per heavy atom. The molecule has 1 aliphatic heterocycles. The first kappa shape index (κ1) is 13.9. The average molecular weight is 299 g/mol. The van der Waals surface area contributed by atoms with Crippen LogP contribution in [-0.4, -0.2) is 27.4 Å². The van der Waals surface area contributed by atoms with Crippen LogP contribution in [0.2, 0.25) is 0 Å². The summed E-state index contributed by atoms with van der Waals surface area (Å²) < 4.78 is 0. The first-order valence-electron chi connectivity index (χ1n) is 6.90. The van der Waals surface area contributed by atoms with E-state index in [1.807, 2.05) is 6.07 Å². The lowest BCUT2D eigenvalue weighted by Crippen LogP contribution is -2.04. The highest BCUT2D eigenvalue weighted by Crippen LogP contribution is 2.17. The topological polar surface area (TPSA) is 76.2 Å². The minimum atomic E-state index is 0.335. The van der Waals surface area contributed by atoms with Gasteiger partial charge < -0.3 is 11.1 Å². The van der Waals surface area contributed by atoms with Crippen molar-refractivity contribution >= 4 is 28.6 Å². The van der Waals surface area contributed by atoms with Crippen LogP contribution in [0, 0.1) is 0 Å². The third-order valence-electron chi connectivity index (χ3n) is 3.19. The number of aromatic nitrogens is 2. The van der Waals surface area contributed by atoms with E-state index >= 15 is 0 Å². The Labute approximate surface area is 128 Å². The van der Waals surface area contributed by atoms with Crippen LogP contribution in [0.25, 0.3) is 0 Å². The third kappa shape index (κ3) is 3.95. The lowest BCUT2D eigenvalue weighted by molar-refractivity contribution is 0.905. The maximum Gasteiger partial charge on any atom is 0.220 e. The number of benzene rings is 1. The van der Waals surface area contributed by atoms with E-state index in [1.165, 1.54) is 5.56 Å². The molecule has 1 aliphatic rings. The summed E-state index contributed by atoms with van der Waals surface area (Å²) in [7, 11) is 0. The van der Waals surface area contributed by atoms with Crippen LogP contribution in [0.15, 0.2) is 41.5 Å². The number of nitrogens with zero attached hydrogens (tertiary/aromatic N) is 3. The monoisotopic (exact) mass is 299 g/mol. The number of amidine groups is 1. The molecule has 0 atom stereocenters. The van der Waals surface area contributed by atoms with Crippen molar-refractivity contribution in [3.05, 3.63) is 47.8 Å². The minimum Gasteiger partial charge on any atom is -0.368 e. The van der Waals surface area contributed by atoms with Crippen LogP contribution in [0.4, 0.5) is 11.6 Å². The normalized spacial score (nSPS) is 14.0. The van der Waals surface area contributed by atoms with Gasteiger partial charge in [0.2, 0.25) is 5.95 Å². The summed E-state index contributed by atoms with van der Waals surface area (Å²) in [6.07, 6.45) is 3.50. The lowest BCUT2D eigenvalue weighted by atomic mass is 10.1. The molecular formula is C15H17N5S. The van der Waals surface area contributed by atoms with Crippen LogP contribution >= 0.6 is 11.8 Å². The Kier molecular flexibility index (Phi) is 4.35. The number of hydrogen-bond donors (Lipinski definition) is 2. The number of hydrogen-bond acceptors (Lipinski definition) is 6. The second kappa shape index (κ2) is 6.58. The number of thioether (sulfide) groups is 1. The van der Waals surface area contributed by atoms with Crippen molar-refractivity contribution in [1.29, 1.82) is 0 Å². The van der Waals surface area contributed by atoms with Gasteiger partial charge in [0, 0.05) is 23.3 Å². The van der Waals surface area contributed by atoms with Gasteiger partial charge in [-0.2, -0.15) is 0 Å². The number of nitrogens with one attached hydrogen (secondary N) is 1. The number of aryl methyl sites for hydroxylation is 2. The van der Waals surface area contributed by atoms with E-state index in [1.54, 1.807) is 18.0 Å². The van der Waals surface area contributed by atoms with E-state index in [0.717, 1.165) is 41.7 Å². The molecule has 1 aromatic heterocycles. The number of aliphatic imine (C=N–C) groups is 1. The highest BCUT2D eigenvalue weighted by atomic mass is 32.2. The molecule has 2 aromatic rings. The molecule has 3 rings (SSSR count). The molecule has 0 saturated carbocycles. The van der Waals surface area contributed by atoms with Crippen LogP contribution in [0.1, 0.15) is 11.3 Å². The van der Waals surface area contributed by atoms with E-state index in [9.17, 15) is 0 Å². The van der Waals surface area contributed by atoms with Crippen molar-refractivity contribution < 1.29 is 0 Å². The van der Waals surface area contributed by atoms with Gasteiger partial charge in [0.25, 0.3) is 0 Å². The van der Waals surface area contributed by atoms with E-state index in [0.29, 0.717) is 5.95 Å². The van der Waals surface area contributed by atoms with Crippen molar-refractivity contribution in [2.24, 2.45) is 4.99 Å².